The number of hydrogen-bond acceptors (Lipinski definition) is 0. The van der Waals surface area contributed by atoms with Crippen LogP contribution in [-0.4, -0.2) is 0 Å². The van der Waals surface area contributed by atoms with Gasteiger partial charge < -0.3 is 0 Å². The summed E-state index contributed by atoms with van der Waals surface area (Å²) in [6.45, 7) is 4.87. The van der Waals surface area contributed by atoms with Crippen LogP contribution in [0, 0.1) is 35.5 Å². The molecular formula is C29H46. The van der Waals surface area contributed by atoms with Crippen molar-refractivity contribution in [1.29, 1.82) is 0 Å². The topological polar surface area (TPSA) is 0 Å². The Morgan fingerprint density at radius 3 is 1.21 bits per heavy atom. The molecule has 0 aliphatic heterocycles. The van der Waals surface area contributed by atoms with Crippen molar-refractivity contribution in [2.45, 2.75) is 110 Å². The maximum absolute atomic E-state index is 2.45. The number of hydrogen-bond donors (Lipinski definition) is 0. The Bertz CT molecular complexity index is 575. The van der Waals surface area contributed by atoms with Gasteiger partial charge in [-0.1, -0.05) is 89.5 Å². The van der Waals surface area contributed by atoms with Gasteiger partial charge in [0.25, 0.3) is 0 Å². The summed E-state index contributed by atoms with van der Waals surface area (Å²) in [5, 5.41) is 0. The summed E-state index contributed by atoms with van der Waals surface area (Å²) in [5.41, 5.74) is 3.18. The highest BCUT2D eigenvalue weighted by Gasteiger charge is 2.26. The van der Waals surface area contributed by atoms with E-state index in [1.807, 2.05) is 0 Å². The predicted octanol–water partition coefficient (Wildman–Crippen LogP) is 8.62. The molecule has 0 heterocycles. The van der Waals surface area contributed by atoms with Crippen LogP contribution in [0.2, 0.25) is 0 Å². The van der Waals surface area contributed by atoms with Crippen molar-refractivity contribution >= 4 is 0 Å². The Morgan fingerprint density at radius 1 is 0.483 bits per heavy atom. The number of benzene rings is 1. The molecule has 0 nitrogen and oxygen atoms in total. The quantitative estimate of drug-likeness (QED) is 0.453. The minimum Gasteiger partial charge on any atom is -0.0625 e. The summed E-state index contributed by atoms with van der Waals surface area (Å²) in [5.74, 6) is 5.97. The highest BCUT2D eigenvalue weighted by atomic mass is 14.3. The maximum Gasteiger partial charge on any atom is -0.0250 e. The monoisotopic (exact) mass is 394 g/mol. The molecule has 3 fully saturated rings. The SMILES string of the molecule is CC1CCC(Cc2ccc(CC3CCC(CC4CCC(C)CC4)CC3)cc2)CC1. The molecule has 1 aromatic carbocycles. The van der Waals surface area contributed by atoms with E-state index in [4.69, 9.17) is 0 Å². The molecule has 0 heteroatoms. The largest absolute Gasteiger partial charge is 0.0625 e. The van der Waals surface area contributed by atoms with E-state index in [1.165, 1.54) is 89.9 Å². The number of rotatable bonds is 6. The molecule has 3 saturated carbocycles. The maximum atomic E-state index is 2.45. The first-order chi connectivity index (χ1) is 14.1. The van der Waals surface area contributed by atoms with Crippen LogP contribution >= 0.6 is 0 Å². The van der Waals surface area contributed by atoms with Gasteiger partial charge in [-0.3, -0.25) is 0 Å². The van der Waals surface area contributed by atoms with Gasteiger partial charge in [-0.15, -0.1) is 0 Å². The van der Waals surface area contributed by atoms with Crippen molar-refractivity contribution < 1.29 is 0 Å². The standard InChI is InChI=1S/C29H46/c1-22-3-7-24(8-4-22)19-26-11-15-28(16-12-26)21-29-17-13-27(14-18-29)20-25-9-5-23(2)6-10-25/h11-12,15-16,22-25,27,29H,3-10,13-14,17-21H2,1-2H3. The lowest BCUT2D eigenvalue weighted by atomic mass is 9.72. The summed E-state index contributed by atoms with van der Waals surface area (Å²) in [4.78, 5) is 0. The van der Waals surface area contributed by atoms with Crippen LogP contribution in [0.1, 0.15) is 108 Å². The van der Waals surface area contributed by atoms with E-state index < -0.39 is 0 Å². The molecule has 0 amide bonds. The fraction of sp³-hybridized carbons (Fsp3) is 0.793. The van der Waals surface area contributed by atoms with Crippen LogP contribution in [0.3, 0.4) is 0 Å². The first kappa shape index (κ1) is 21.5. The van der Waals surface area contributed by atoms with Crippen molar-refractivity contribution in [1.82, 2.24) is 0 Å². The first-order valence-corrected chi connectivity index (χ1v) is 13.2. The van der Waals surface area contributed by atoms with Crippen LogP contribution in [0.15, 0.2) is 24.3 Å². The van der Waals surface area contributed by atoms with E-state index in [0.29, 0.717) is 0 Å². The molecule has 0 spiro atoms. The van der Waals surface area contributed by atoms with Gasteiger partial charge >= 0.3 is 0 Å². The lowest BCUT2D eigenvalue weighted by molar-refractivity contribution is 0.195. The molecule has 0 saturated heterocycles. The van der Waals surface area contributed by atoms with Gasteiger partial charge in [0.1, 0.15) is 0 Å². The second-order valence-electron chi connectivity index (χ2n) is 11.6. The van der Waals surface area contributed by atoms with E-state index in [9.17, 15) is 0 Å². The lowest BCUT2D eigenvalue weighted by Gasteiger charge is -2.33. The summed E-state index contributed by atoms with van der Waals surface area (Å²) in [6, 6.07) is 9.80. The molecule has 0 radical (unpaired) electrons. The highest BCUT2D eigenvalue weighted by Crippen LogP contribution is 2.39. The van der Waals surface area contributed by atoms with Gasteiger partial charge in [0.15, 0.2) is 0 Å². The molecule has 0 aromatic heterocycles. The fourth-order valence-corrected chi connectivity index (χ4v) is 6.72. The normalized spacial score (nSPS) is 36.1. The molecule has 0 N–H and O–H groups in total. The van der Waals surface area contributed by atoms with E-state index >= 15 is 0 Å². The Hall–Kier alpha value is -0.780. The summed E-state index contributed by atoms with van der Waals surface area (Å²) >= 11 is 0. The molecule has 3 aliphatic carbocycles. The molecule has 0 bridgehead atoms. The Morgan fingerprint density at radius 2 is 0.793 bits per heavy atom. The average molecular weight is 395 g/mol. The van der Waals surface area contributed by atoms with Gasteiger partial charge in [0, 0.05) is 0 Å². The van der Waals surface area contributed by atoms with E-state index in [-0.39, 0.29) is 0 Å². The van der Waals surface area contributed by atoms with E-state index in [2.05, 4.69) is 38.1 Å². The smallest absolute Gasteiger partial charge is 0.0250 e. The minimum absolute atomic E-state index is 0.944. The van der Waals surface area contributed by atoms with Gasteiger partial charge in [-0.25, -0.2) is 0 Å². The molecule has 0 atom stereocenters. The van der Waals surface area contributed by atoms with Crippen LogP contribution < -0.4 is 0 Å². The van der Waals surface area contributed by atoms with Crippen molar-refractivity contribution in [2.75, 3.05) is 0 Å². The molecule has 0 unspecified atom stereocenters. The molecule has 162 valence electrons. The third-order valence-corrected chi connectivity index (χ3v) is 8.98. The molecule has 4 rings (SSSR count). The zero-order valence-corrected chi connectivity index (χ0v) is 19.4. The van der Waals surface area contributed by atoms with E-state index in [0.717, 1.165) is 35.5 Å². The van der Waals surface area contributed by atoms with Crippen molar-refractivity contribution in [2.24, 2.45) is 35.5 Å². The fourth-order valence-electron chi connectivity index (χ4n) is 6.72. The van der Waals surface area contributed by atoms with Crippen molar-refractivity contribution in [3.63, 3.8) is 0 Å². The lowest BCUT2D eigenvalue weighted by Crippen LogP contribution is -2.21. The summed E-state index contributed by atoms with van der Waals surface area (Å²) < 4.78 is 0. The highest BCUT2D eigenvalue weighted by molar-refractivity contribution is 5.23. The molecule has 3 aliphatic rings. The van der Waals surface area contributed by atoms with Gasteiger partial charge in [0.05, 0.1) is 0 Å². The zero-order chi connectivity index (χ0) is 20.1. The Labute approximate surface area is 181 Å². The Balaban J connectivity index is 1.16. The predicted molar refractivity (Wildman–Crippen MR) is 126 cm³/mol. The zero-order valence-electron chi connectivity index (χ0n) is 19.4. The van der Waals surface area contributed by atoms with Gasteiger partial charge in [0.2, 0.25) is 0 Å². The third-order valence-electron chi connectivity index (χ3n) is 8.98. The first-order valence-electron chi connectivity index (χ1n) is 13.2. The van der Waals surface area contributed by atoms with Gasteiger partial charge in [-0.2, -0.15) is 0 Å². The third kappa shape index (κ3) is 6.60. The molecule has 1 aromatic rings. The average Bonchev–Trinajstić information content (AvgIpc) is 2.74. The minimum atomic E-state index is 0.944. The molecule has 29 heavy (non-hydrogen) atoms. The van der Waals surface area contributed by atoms with Crippen LogP contribution in [0.5, 0.6) is 0 Å². The van der Waals surface area contributed by atoms with E-state index in [1.54, 1.807) is 17.5 Å². The summed E-state index contributed by atoms with van der Waals surface area (Å²) in [7, 11) is 0. The molecular weight excluding hydrogens is 348 g/mol. The summed E-state index contributed by atoms with van der Waals surface area (Å²) in [6.07, 6.45) is 22.0. The van der Waals surface area contributed by atoms with Crippen LogP contribution in [0.25, 0.3) is 0 Å². The van der Waals surface area contributed by atoms with Crippen molar-refractivity contribution in [3.05, 3.63) is 35.4 Å². The van der Waals surface area contributed by atoms with Crippen LogP contribution in [-0.2, 0) is 12.8 Å². The second-order valence-corrected chi connectivity index (χ2v) is 11.6. The van der Waals surface area contributed by atoms with Crippen LogP contribution in [0.4, 0.5) is 0 Å². The second kappa shape index (κ2) is 10.5. The van der Waals surface area contributed by atoms with Gasteiger partial charge in [-0.05, 0) is 91.6 Å². The Kier molecular flexibility index (Phi) is 7.77. The van der Waals surface area contributed by atoms with Crippen molar-refractivity contribution in [3.8, 4) is 0 Å².